The summed E-state index contributed by atoms with van der Waals surface area (Å²) >= 11 is 0. The van der Waals surface area contributed by atoms with Gasteiger partial charge in [0, 0.05) is 30.4 Å². The lowest BCUT2D eigenvalue weighted by Crippen LogP contribution is -2.45. The minimum absolute atomic E-state index is 0.0327. The molecule has 0 bridgehead atoms. The summed E-state index contributed by atoms with van der Waals surface area (Å²) in [6.45, 7) is 7.64. The molecule has 0 saturated carbocycles. The van der Waals surface area contributed by atoms with E-state index >= 15 is 0 Å². The fourth-order valence-electron chi connectivity index (χ4n) is 3.53. The topological polar surface area (TPSA) is 41.6 Å². The van der Waals surface area contributed by atoms with Gasteiger partial charge >= 0.3 is 0 Å². The summed E-state index contributed by atoms with van der Waals surface area (Å²) < 4.78 is 32.7. The number of amides is 1. The molecular weight excluding hydrogens is 374 g/mol. The maximum Gasteiger partial charge on any atom is 0.244 e. The summed E-state index contributed by atoms with van der Waals surface area (Å²) in [7, 11) is 0. The van der Waals surface area contributed by atoms with Crippen molar-refractivity contribution in [1.82, 2.24) is 5.32 Å². The van der Waals surface area contributed by atoms with Crippen molar-refractivity contribution in [3.05, 3.63) is 71.3 Å². The van der Waals surface area contributed by atoms with Crippen molar-refractivity contribution in [3.63, 3.8) is 0 Å². The van der Waals surface area contributed by atoms with E-state index in [1.54, 1.807) is 0 Å². The van der Waals surface area contributed by atoms with Crippen LogP contribution in [0, 0.1) is 11.6 Å². The van der Waals surface area contributed by atoms with E-state index in [0.29, 0.717) is 0 Å². The normalized spacial score (nSPS) is 20.7. The van der Waals surface area contributed by atoms with Gasteiger partial charge in [-0.1, -0.05) is 12.1 Å². The van der Waals surface area contributed by atoms with Crippen LogP contribution in [0.25, 0.3) is 6.08 Å². The second-order valence-corrected chi connectivity index (χ2v) is 7.49. The third-order valence-electron chi connectivity index (χ3n) is 4.89. The number of carbonyl (C=O) groups excluding carboxylic acids is 1. The molecule has 29 heavy (non-hydrogen) atoms. The van der Waals surface area contributed by atoms with Crippen molar-refractivity contribution in [2.75, 3.05) is 18.0 Å². The third-order valence-corrected chi connectivity index (χ3v) is 4.89. The van der Waals surface area contributed by atoms with Gasteiger partial charge in [0.05, 0.1) is 18.2 Å². The number of anilines is 1. The van der Waals surface area contributed by atoms with E-state index in [9.17, 15) is 13.6 Å². The van der Waals surface area contributed by atoms with Crippen molar-refractivity contribution < 1.29 is 18.3 Å². The van der Waals surface area contributed by atoms with E-state index < -0.39 is 11.6 Å². The van der Waals surface area contributed by atoms with Crippen LogP contribution in [-0.2, 0) is 9.53 Å². The molecule has 2 aromatic carbocycles. The SMILES string of the molecule is CC1CN(c2cccc(C(C)NC(=O)/C=C/c3cc(F)ccc3F)c2)CC(C)O1. The molecule has 0 aliphatic carbocycles. The molecule has 6 heteroatoms. The van der Waals surface area contributed by atoms with Gasteiger partial charge in [-0.05, 0) is 62.7 Å². The predicted molar refractivity (Wildman–Crippen MR) is 111 cm³/mol. The fraction of sp³-hybridized carbons (Fsp3) is 0.348. The van der Waals surface area contributed by atoms with Crippen LogP contribution in [0.3, 0.4) is 0 Å². The molecule has 3 atom stereocenters. The number of nitrogens with zero attached hydrogens (tertiary/aromatic N) is 1. The molecular formula is C23H26F2N2O2. The summed E-state index contributed by atoms with van der Waals surface area (Å²) in [6, 6.07) is 10.9. The Morgan fingerprint density at radius 1 is 1.17 bits per heavy atom. The van der Waals surface area contributed by atoms with E-state index in [1.807, 2.05) is 19.1 Å². The largest absolute Gasteiger partial charge is 0.372 e. The van der Waals surface area contributed by atoms with Crippen molar-refractivity contribution >= 4 is 17.7 Å². The molecule has 4 nitrogen and oxygen atoms in total. The highest BCUT2D eigenvalue weighted by Crippen LogP contribution is 2.24. The average molecular weight is 400 g/mol. The molecule has 3 rings (SSSR count). The fourth-order valence-corrected chi connectivity index (χ4v) is 3.53. The van der Waals surface area contributed by atoms with Crippen LogP contribution < -0.4 is 10.2 Å². The Labute approximate surface area is 170 Å². The van der Waals surface area contributed by atoms with Crippen molar-refractivity contribution in [1.29, 1.82) is 0 Å². The van der Waals surface area contributed by atoms with Gasteiger partial charge in [-0.3, -0.25) is 4.79 Å². The summed E-state index contributed by atoms with van der Waals surface area (Å²) in [6.07, 6.45) is 2.80. The number of rotatable bonds is 5. The van der Waals surface area contributed by atoms with Gasteiger partial charge in [0.2, 0.25) is 5.91 Å². The monoisotopic (exact) mass is 400 g/mol. The van der Waals surface area contributed by atoms with E-state index in [2.05, 4.69) is 36.2 Å². The van der Waals surface area contributed by atoms with Crippen LogP contribution in [-0.4, -0.2) is 31.2 Å². The number of halogens is 2. The van der Waals surface area contributed by atoms with Crippen molar-refractivity contribution in [3.8, 4) is 0 Å². The molecule has 1 amide bonds. The van der Waals surface area contributed by atoms with E-state index in [4.69, 9.17) is 4.74 Å². The Morgan fingerprint density at radius 2 is 1.90 bits per heavy atom. The van der Waals surface area contributed by atoms with E-state index in [1.165, 1.54) is 12.2 Å². The first kappa shape index (κ1) is 21.0. The van der Waals surface area contributed by atoms with Crippen molar-refractivity contribution in [2.24, 2.45) is 0 Å². The van der Waals surface area contributed by atoms with Crippen LogP contribution in [0.15, 0.2) is 48.5 Å². The summed E-state index contributed by atoms with van der Waals surface area (Å²) in [4.78, 5) is 14.5. The van der Waals surface area contributed by atoms with Crippen LogP contribution in [0.2, 0.25) is 0 Å². The van der Waals surface area contributed by atoms with Crippen LogP contribution in [0.4, 0.5) is 14.5 Å². The van der Waals surface area contributed by atoms with Gasteiger partial charge in [0.25, 0.3) is 0 Å². The highest BCUT2D eigenvalue weighted by atomic mass is 19.1. The minimum Gasteiger partial charge on any atom is -0.372 e. The van der Waals surface area contributed by atoms with Gasteiger partial charge in [-0.25, -0.2) is 8.78 Å². The summed E-state index contributed by atoms with van der Waals surface area (Å²) in [5.41, 5.74) is 2.08. The Hall–Kier alpha value is -2.73. The summed E-state index contributed by atoms with van der Waals surface area (Å²) in [5, 5.41) is 2.86. The molecule has 154 valence electrons. The molecule has 1 aliphatic rings. The predicted octanol–water partition coefficient (Wildman–Crippen LogP) is 4.47. The molecule has 0 spiro atoms. The highest BCUT2D eigenvalue weighted by molar-refractivity contribution is 5.92. The quantitative estimate of drug-likeness (QED) is 0.753. The molecule has 1 heterocycles. The maximum absolute atomic E-state index is 13.7. The molecule has 1 saturated heterocycles. The average Bonchev–Trinajstić information content (AvgIpc) is 2.68. The minimum atomic E-state index is -0.579. The number of morpholine rings is 1. The van der Waals surface area contributed by atoms with Gasteiger partial charge in [-0.2, -0.15) is 0 Å². The zero-order valence-electron chi connectivity index (χ0n) is 16.9. The molecule has 3 unspecified atom stereocenters. The van der Waals surface area contributed by atoms with E-state index in [-0.39, 0.29) is 29.7 Å². The number of nitrogens with one attached hydrogen (secondary N) is 1. The second kappa shape index (κ2) is 9.18. The molecule has 2 aromatic rings. The zero-order valence-corrected chi connectivity index (χ0v) is 16.9. The standard InChI is InChI=1S/C23H26F2N2O2/c1-15-13-27(14-16(2)29-15)21-6-4-5-18(12-21)17(3)26-23(28)10-7-19-11-20(24)8-9-22(19)25/h4-12,15-17H,13-14H2,1-3H3,(H,26,28)/b10-7+. The number of benzene rings is 2. The number of hydrogen-bond acceptors (Lipinski definition) is 3. The Morgan fingerprint density at radius 3 is 2.62 bits per heavy atom. The first-order chi connectivity index (χ1) is 13.8. The second-order valence-electron chi connectivity index (χ2n) is 7.49. The van der Waals surface area contributed by atoms with Gasteiger partial charge in [0.15, 0.2) is 0 Å². The number of ether oxygens (including phenoxy) is 1. The van der Waals surface area contributed by atoms with Gasteiger partial charge in [-0.15, -0.1) is 0 Å². The van der Waals surface area contributed by atoms with E-state index in [0.717, 1.165) is 42.5 Å². The molecule has 0 radical (unpaired) electrons. The Balaban J connectivity index is 1.66. The maximum atomic E-state index is 13.7. The Kier molecular flexibility index (Phi) is 6.64. The lowest BCUT2D eigenvalue weighted by Gasteiger charge is -2.37. The number of carbonyl (C=O) groups is 1. The van der Waals surface area contributed by atoms with Crippen molar-refractivity contribution in [2.45, 2.75) is 39.0 Å². The lowest BCUT2D eigenvalue weighted by atomic mass is 10.1. The zero-order chi connectivity index (χ0) is 21.0. The summed E-state index contributed by atoms with van der Waals surface area (Å²) in [5.74, 6) is -1.51. The molecule has 1 fully saturated rings. The number of hydrogen-bond donors (Lipinski definition) is 1. The highest BCUT2D eigenvalue weighted by Gasteiger charge is 2.22. The molecule has 1 aliphatic heterocycles. The van der Waals surface area contributed by atoms with Crippen LogP contribution >= 0.6 is 0 Å². The third kappa shape index (κ3) is 5.64. The van der Waals surface area contributed by atoms with Crippen LogP contribution in [0.1, 0.15) is 37.9 Å². The molecule has 0 aromatic heterocycles. The Bertz CT molecular complexity index is 890. The lowest BCUT2D eigenvalue weighted by molar-refractivity contribution is -0.117. The van der Waals surface area contributed by atoms with Crippen LogP contribution in [0.5, 0.6) is 0 Å². The van der Waals surface area contributed by atoms with Gasteiger partial charge < -0.3 is 15.0 Å². The molecule has 1 N–H and O–H groups in total. The smallest absolute Gasteiger partial charge is 0.244 e. The first-order valence-corrected chi connectivity index (χ1v) is 9.76. The van der Waals surface area contributed by atoms with Gasteiger partial charge in [0.1, 0.15) is 11.6 Å². The first-order valence-electron chi connectivity index (χ1n) is 9.76.